The van der Waals surface area contributed by atoms with Crippen LogP contribution in [-0.4, -0.2) is 31.9 Å². The maximum atomic E-state index is 13.1. The van der Waals surface area contributed by atoms with Gasteiger partial charge < -0.3 is 15.4 Å². The predicted molar refractivity (Wildman–Crippen MR) is 129 cm³/mol. The van der Waals surface area contributed by atoms with Crippen LogP contribution in [0.15, 0.2) is 53.8 Å². The van der Waals surface area contributed by atoms with Gasteiger partial charge in [-0.2, -0.15) is 4.52 Å². The van der Waals surface area contributed by atoms with Crippen LogP contribution in [0.1, 0.15) is 68.9 Å². The summed E-state index contributed by atoms with van der Waals surface area (Å²) in [6.07, 6.45) is 2.08. The van der Waals surface area contributed by atoms with E-state index in [0.717, 1.165) is 12.0 Å². The van der Waals surface area contributed by atoms with Crippen LogP contribution >= 0.6 is 11.6 Å². The molecular weight excluding hydrogens is 426 g/mol. The average Bonchev–Trinajstić information content (AvgIpc) is 3.24. The van der Waals surface area contributed by atoms with Crippen LogP contribution in [-0.2, 0) is 11.3 Å². The molecule has 0 bridgehead atoms. The molecule has 0 aliphatic heterocycles. The van der Waals surface area contributed by atoms with Crippen LogP contribution in [0.4, 0.5) is 5.82 Å². The number of aromatic nitrogens is 3. The van der Waals surface area contributed by atoms with E-state index in [1.165, 1.54) is 4.52 Å². The van der Waals surface area contributed by atoms with Crippen LogP contribution < -0.4 is 5.73 Å². The SMILES string of the molecule is CC.CC/C=C(/Cl)OC(C)c1nc2cc(C(=O)N(CC)Cc3ccccc3)cc(N)n2n1. The summed E-state index contributed by atoms with van der Waals surface area (Å²) >= 11 is 6.04. The molecule has 1 aromatic carbocycles. The van der Waals surface area contributed by atoms with E-state index in [1.807, 2.05) is 65.0 Å². The second kappa shape index (κ2) is 12.1. The number of fused-ring (bicyclic) bond motifs is 1. The highest BCUT2D eigenvalue weighted by molar-refractivity contribution is 6.28. The summed E-state index contributed by atoms with van der Waals surface area (Å²) in [7, 11) is 0. The number of nitrogens with zero attached hydrogens (tertiary/aromatic N) is 4. The highest BCUT2D eigenvalue weighted by Gasteiger charge is 2.20. The van der Waals surface area contributed by atoms with Crippen LogP contribution in [0.2, 0.25) is 0 Å². The van der Waals surface area contributed by atoms with Crippen molar-refractivity contribution < 1.29 is 9.53 Å². The van der Waals surface area contributed by atoms with E-state index in [2.05, 4.69) is 10.1 Å². The lowest BCUT2D eigenvalue weighted by Gasteiger charge is -2.21. The zero-order chi connectivity index (χ0) is 23.7. The van der Waals surface area contributed by atoms with Crippen molar-refractivity contribution in [3.05, 3.63) is 70.7 Å². The van der Waals surface area contributed by atoms with Crippen LogP contribution in [0, 0.1) is 0 Å². The number of allylic oxidation sites excluding steroid dienone is 1. The lowest BCUT2D eigenvalue weighted by atomic mass is 10.1. The number of amides is 1. The Morgan fingerprint density at radius 3 is 2.56 bits per heavy atom. The number of rotatable bonds is 8. The monoisotopic (exact) mass is 457 g/mol. The first-order chi connectivity index (χ1) is 15.4. The van der Waals surface area contributed by atoms with E-state index >= 15 is 0 Å². The number of pyridine rings is 1. The van der Waals surface area contributed by atoms with Gasteiger partial charge in [0.1, 0.15) is 5.82 Å². The fraction of sp³-hybridized carbons (Fsp3) is 0.375. The molecule has 172 valence electrons. The number of carbonyl (C=O) groups is 1. The fourth-order valence-electron chi connectivity index (χ4n) is 3.06. The Morgan fingerprint density at radius 2 is 1.94 bits per heavy atom. The number of anilines is 1. The second-order valence-corrected chi connectivity index (χ2v) is 7.26. The summed E-state index contributed by atoms with van der Waals surface area (Å²) in [6.45, 7) is 10.8. The van der Waals surface area contributed by atoms with E-state index in [1.54, 1.807) is 23.1 Å². The first kappa shape index (κ1) is 25.2. The molecule has 8 heteroatoms. The van der Waals surface area contributed by atoms with E-state index < -0.39 is 6.10 Å². The third-order valence-electron chi connectivity index (χ3n) is 4.63. The van der Waals surface area contributed by atoms with Gasteiger partial charge in [0, 0.05) is 18.7 Å². The lowest BCUT2D eigenvalue weighted by Crippen LogP contribution is -2.30. The highest BCUT2D eigenvalue weighted by Crippen LogP contribution is 2.22. The minimum atomic E-state index is -0.455. The summed E-state index contributed by atoms with van der Waals surface area (Å²) in [5.41, 5.74) is 8.18. The summed E-state index contributed by atoms with van der Waals surface area (Å²) < 4.78 is 7.12. The molecule has 0 aliphatic rings. The quantitative estimate of drug-likeness (QED) is 0.447. The topological polar surface area (TPSA) is 85.8 Å². The van der Waals surface area contributed by atoms with Crippen molar-refractivity contribution in [3.8, 4) is 0 Å². The number of benzene rings is 1. The van der Waals surface area contributed by atoms with Gasteiger partial charge in [-0.15, -0.1) is 5.10 Å². The lowest BCUT2D eigenvalue weighted by molar-refractivity contribution is 0.0752. The Hall–Kier alpha value is -3.06. The molecule has 1 unspecified atom stereocenters. The first-order valence-corrected chi connectivity index (χ1v) is 11.3. The minimum absolute atomic E-state index is 0.113. The van der Waals surface area contributed by atoms with Gasteiger partial charge in [0.2, 0.25) is 0 Å². The molecule has 0 saturated carbocycles. The number of ether oxygens (including phenoxy) is 1. The van der Waals surface area contributed by atoms with Gasteiger partial charge in [-0.05, 0) is 55.6 Å². The van der Waals surface area contributed by atoms with Gasteiger partial charge in [0.15, 0.2) is 22.8 Å². The van der Waals surface area contributed by atoms with Gasteiger partial charge in [-0.25, -0.2) is 4.98 Å². The van der Waals surface area contributed by atoms with Gasteiger partial charge in [-0.3, -0.25) is 4.79 Å². The fourth-order valence-corrected chi connectivity index (χ4v) is 3.35. The number of halogens is 1. The third kappa shape index (κ3) is 6.23. The Bertz CT molecular complexity index is 1050. The summed E-state index contributed by atoms with van der Waals surface area (Å²) in [5, 5.41) is 4.70. The van der Waals surface area contributed by atoms with Gasteiger partial charge >= 0.3 is 0 Å². The van der Waals surface area contributed by atoms with Gasteiger partial charge in [0.25, 0.3) is 5.91 Å². The molecule has 0 aliphatic carbocycles. The maximum absolute atomic E-state index is 13.1. The smallest absolute Gasteiger partial charge is 0.254 e. The Morgan fingerprint density at radius 1 is 1.25 bits per heavy atom. The van der Waals surface area contributed by atoms with E-state index in [4.69, 9.17) is 22.1 Å². The molecule has 1 atom stereocenters. The van der Waals surface area contributed by atoms with Crippen molar-refractivity contribution in [1.82, 2.24) is 19.5 Å². The van der Waals surface area contributed by atoms with Gasteiger partial charge in [-0.1, -0.05) is 51.1 Å². The van der Waals surface area contributed by atoms with E-state index in [-0.39, 0.29) is 5.91 Å². The summed E-state index contributed by atoms with van der Waals surface area (Å²) in [6, 6.07) is 13.2. The normalized spacial score (nSPS) is 12.1. The van der Waals surface area contributed by atoms with Crippen molar-refractivity contribution in [2.45, 2.75) is 53.7 Å². The minimum Gasteiger partial charge on any atom is -0.472 e. The van der Waals surface area contributed by atoms with Crippen molar-refractivity contribution >= 4 is 29.0 Å². The molecule has 0 saturated heterocycles. The molecule has 3 rings (SSSR count). The molecule has 32 heavy (non-hydrogen) atoms. The van der Waals surface area contributed by atoms with Crippen molar-refractivity contribution in [1.29, 1.82) is 0 Å². The third-order valence-corrected chi connectivity index (χ3v) is 4.87. The molecule has 2 aromatic heterocycles. The maximum Gasteiger partial charge on any atom is 0.254 e. The Kier molecular flexibility index (Phi) is 9.53. The molecule has 2 heterocycles. The number of hydrogen-bond donors (Lipinski definition) is 1. The van der Waals surface area contributed by atoms with Crippen LogP contribution in [0.25, 0.3) is 5.65 Å². The largest absolute Gasteiger partial charge is 0.472 e. The van der Waals surface area contributed by atoms with Gasteiger partial charge in [0.05, 0.1) is 0 Å². The predicted octanol–water partition coefficient (Wildman–Crippen LogP) is 5.57. The average molecular weight is 458 g/mol. The standard InChI is InChI=1S/C22H26ClN5O2.C2H6/c1-4-9-18(23)30-15(3)21-25-20-13-17(12-19(24)28(20)26-21)22(29)27(5-2)14-16-10-7-6-8-11-16;1-2/h6-13,15H,4-5,14,24H2,1-3H3;1-2H3/b18-9-;. The van der Waals surface area contributed by atoms with Crippen molar-refractivity contribution in [3.63, 3.8) is 0 Å². The zero-order valence-corrected chi connectivity index (χ0v) is 20.1. The summed E-state index contributed by atoms with van der Waals surface area (Å²) in [4.78, 5) is 19.3. The molecule has 3 aromatic rings. The molecular formula is C24H32ClN5O2. The molecule has 2 N–H and O–H groups in total. The Balaban J connectivity index is 0.00000176. The molecule has 0 spiro atoms. The van der Waals surface area contributed by atoms with E-state index in [0.29, 0.717) is 41.2 Å². The van der Waals surface area contributed by atoms with Crippen LogP contribution in [0.3, 0.4) is 0 Å². The molecule has 0 fully saturated rings. The number of nitrogens with two attached hydrogens (primary N) is 1. The van der Waals surface area contributed by atoms with Crippen LogP contribution in [0.5, 0.6) is 0 Å². The number of hydrogen-bond acceptors (Lipinski definition) is 5. The molecule has 7 nitrogen and oxygen atoms in total. The second-order valence-electron chi connectivity index (χ2n) is 6.89. The molecule has 0 radical (unpaired) electrons. The number of nitrogen functional groups attached to an aromatic ring is 1. The Labute approximate surface area is 194 Å². The van der Waals surface area contributed by atoms with Crippen molar-refractivity contribution in [2.24, 2.45) is 0 Å². The zero-order valence-electron chi connectivity index (χ0n) is 19.4. The molecule has 1 amide bonds. The van der Waals surface area contributed by atoms with Crippen molar-refractivity contribution in [2.75, 3.05) is 12.3 Å². The summed E-state index contributed by atoms with van der Waals surface area (Å²) in [5.74, 6) is 0.650. The highest BCUT2D eigenvalue weighted by atomic mass is 35.5. The first-order valence-electron chi connectivity index (χ1n) is 10.9. The number of carbonyl (C=O) groups excluding carboxylic acids is 1. The van der Waals surface area contributed by atoms with E-state index in [9.17, 15) is 4.79 Å².